The van der Waals surface area contributed by atoms with Crippen LogP contribution in [-0.4, -0.2) is 25.5 Å². The first-order valence-electron chi connectivity index (χ1n) is 11.6. The second-order valence-electron chi connectivity index (χ2n) is 8.09. The Kier molecular flexibility index (Phi) is 8.46. The van der Waals surface area contributed by atoms with Crippen LogP contribution in [0.4, 0.5) is 20.2 Å². The van der Waals surface area contributed by atoms with Crippen LogP contribution in [0.15, 0.2) is 103 Å². The number of rotatable bonds is 9. The van der Waals surface area contributed by atoms with Crippen molar-refractivity contribution in [3.8, 4) is 11.5 Å². The summed E-state index contributed by atoms with van der Waals surface area (Å²) in [5, 5.41) is 5.66. The summed E-state index contributed by atoms with van der Waals surface area (Å²) in [5.74, 6) is 0.0421. The average Bonchev–Trinajstić information content (AvgIpc) is 2.93. The van der Waals surface area contributed by atoms with E-state index in [1.54, 1.807) is 86.0 Å². The number of benzene rings is 4. The lowest BCUT2D eigenvalue weighted by Gasteiger charge is -2.11. The third-order valence-corrected chi connectivity index (χ3v) is 5.50. The monoisotopic (exact) mass is 514 g/mol. The fourth-order valence-electron chi connectivity index (χ4n) is 3.59. The van der Waals surface area contributed by atoms with Gasteiger partial charge in [-0.1, -0.05) is 42.5 Å². The molecule has 0 aliphatic carbocycles. The van der Waals surface area contributed by atoms with Gasteiger partial charge in [0, 0.05) is 22.5 Å². The van der Waals surface area contributed by atoms with Gasteiger partial charge in [-0.2, -0.15) is 8.78 Å². The predicted molar refractivity (Wildman–Crippen MR) is 143 cm³/mol. The number of hydrogen-bond donors (Lipinski definition) is 2. The zero-order valence-corrected chi connectivity index (χ0v) is 20.4. The van der Waals surface area contributed by atoms with Crippen molar-refractivity contribution in [2.45, 2.75) is 6.61 Å². The average molecular weight is 515 g/mol. The SMILES string of the molecule is COc1ccc(NC(=O)c2ccc(NC(=O)/C(=C/c3ccc(OC(F)F)cc3)c3ccccc3)cc2)cc1. The number of halogens is 2. The van der Waals surface area contributed by atoms with Crippen LogP contribution >= 0.6 is 0 Å². The highest BCUT2D eigenvalue weighted by atomic mass is 19.3. The molecule has 0 fully saturated rings. The maximum atomic E-state index is 13.2. The number of hydrogen-bond acceptors (Lipinski definition) is 4. The van der Waals surface area contributed by atoms with Crippen molar-refractivity contribution in [1.82, 2.24) is 0 Å². The van der Waals surface area contributed by atoms with Crippen molar-refractivity contribution in [2.75, 3.05) is 17.7 Å². The minimum absolute atomic E-state index is 0.0268. The quantitative estimate of drug-likeness (QED) is 0.192. The molecule has 0 aliphatic rings. The molecule has 2 N–H and O–H groups in total. The summed E-state index contributed by atoms with van der Waals surface area (Å²) in [6, 6.07) is 28.5. The van der Waals surface area contributed by atoms with Gasteiger partial charge >= 0.3 is 6.61 Å². The van der Waals surface area contributed by atoms with Gasteiger partial charge in [0.2, 0.25) is 0 Å². The normalized spacial score (nSPS) is 11.1. The van der Waals surface area contributed by atoms with Gasteiger partial charge < -0.3 is 20.1 Å². The summed E-state index contributed by atoms with van der Waals surface area (Å²) < 4.78 is 34.4. The van der Waals surface area contributed by atoms with E-state index >= 15 is 0 Å². The van der Waals surface area contributed by atoms with E-state index in [1.807, 2.05) is 18.2 Å². The van der Waals surface area contributed by atoms with Crippen LogP contribution in [0.25, 0.3) is 11.6 Å². The molecule has 0 unspecified atom stereocenters. The van der Waals surface area contributed by atoms with Gasteiger partial charge in [0.05, 0.1) is 7.11 Å². The Labute approximate surface area is 218 Å². The molecule has 38 heavy (non-hydrogen) atoms. The van der Waals surface area contributed by atoms with E-state index in [9.17, 15) is 18.4 Å². The number of ether oxygens (including phenoxy) is 2. The molecule has 8 heteroatoms. The summed E-state index contributed by atoms with van der Waals surface area (Å²) >= 11 is 0. The summed E-state index contributed by atoms with van der Waals surface area (Å²) in [7, 11) is 1.57. The number of methoxy groups -OCH3 is 1. The van der Waals surface area contributed by atoms with E-state index in [0.717, 1.165) is 0 Å². The molecule has 0 atom stereocenters. The van der Waals surface area contributed by atoms with Crippen LogP contribution in [0.3, 0.4) is 0 Å². The Hall–Kier alpha value is -4.98. The van der Waals surface area contributed by atoms with E-state index in [4.69, 9.17) is 4.74 Å². The first-order valence-corrected chi connectivity index (χ1v) is 11.6. The van der Waals surface area contributed by atoms with E-state index in [2.05, 4.69) is 15.4 Å². The lowest BCUT2D eigenvalue weighted by molar-refractivity contribution is -0.111. The van der Waals surface area contributed by atoms with Gasteiger partial charge in [0.1, 0.15) is 11.5 Å². The summed E-state index contributed by atoms with van der Waals surface area (Å²) in [6.45, 7) is -2.91. The van der Waals surface area contributed by atoms with Gasteiger partial charge in [0.25, 0.3) is 11.8 Å². The second-order valence-corrected chi connectivity index (χ2v) is 8.09. The molecule has 0 radical (unpaired) electrons. The highest BCUT2D eigenvalue weighted by Gasteiger charge is 2.14. The van der Waals surface area contributed by atoms with Crippen LogP contribution in [0, 0.1) is 0 Å². The van der Waals surface area contributed by atoms with E-state index < -0.39 is 6.61 Å². The fraction of sp³-hybridized carbons (Fsp3) is 0.0667. The van der Waals surface area contributed by atoms with Crippen LogP contribution in [-0.2, 0) is 4.79 Å². The molecule has 4 aromatic rings. The minimum atomic E-state index is -2.91. The number of anilines is 2. The highest BCUT2D eigenvalue weighted by molar-refractivity contribution is 6.29. The lowest BCUT2D eigenvalue weighted by atomic mass is 10.0. The van der Waals surface area contributed by atoms with Crippen molar-refractivity contribution in [3.63, 3.8) is 0 Å². The van der Waals surface area contributed by atoms with Crippen LogP contribution in [0.2, 0.25) is 0 Å². The molecule has 0 spiro atoms. The number of amides is 2. The smallest absolute Gasteiger partial charge is 0.387 e. The Morgan fingerprint density at radius 3 is 1.89 bits per heavy atom. The molecular formula is C30H24F2N2O4. The predicted octanol–water partition coefficient (Wildman–Crippen LogP) is 6.73. The molecule has 0 bridgehead atoms. The highest BCUT2D eigenvalue weighted by Crippen LogP contribution is 2.23. The molecule has 4 aromatic carbocycles. The Balaban J connectivity index is 1.48. The van der Waals surface area contributed by atoms with Crippen LogP contribution < -0.4 is 20.1 Å². The zero-order chi connectivity index (χ0) is 26.9. The second kappa shape index (κ2) is 12.3. The number of nitrogens with one attached hydrogen (secondary N) is 2. The Bertz CT molecular complexity index is 1400. The molecule has 4 rings (SSSR count). The number of carbonyl (C=O) groups is 2. The molecule has 192 valence electrons. The van der Waals surface area contributed by atoms with Gasteiger partial charge in [-0.15, -0.1) is 0 Å². The van der Waals surface area contributed by atoms with E-state index in [-0.39, 0.29) is 17.6 Å². The number of carbonyl (C=O) groups excluding carboxylic acids is 2. The fourth-order valence-corrected chi connectivity index (χ4v) is 3.59. The molecule has 0 aliphatic heterocycles. The molecule has 0 saturated heterocycles. The summed E-state index contributed by atoms with van der Waals surface area (Å²) in [4.78, 5) is 25.8. The molecule has 0 heterocycles. The summed E-state index contributed by atoms with van der Waals surface area (Å²) in [5.41, 5.74) is 3.22. The largest absolute Gasteiger partial charge is 0.497 e. The molecule has 6 nitrogen and oxygen atoms in total. The third kappa shape index (κ3) is 7.04. The van der Waals surface area contributed by atoms with Crippen molar-refractivity contribution in [2.24, 2.45) is 0 Å². The Morgan fingerprint density at radius 2 is 1.29 bits per heavy atom. The van der Waals surface area contributed by atoms with Crippen molar-refractivity contribution in [1.29, 1.82) is 0 Å². The van der Waals surface area contributed by atoms with Crippen molar-refractivity contribution < 1.29 is 27.8 Å². The lowest BCUT2D eigenvalue weighted by Crippen LogP contribution is -2.15. The van der Waals surface area contributed by atoms with Gasteiger partial charge in [0.15, 0.2) is 0 Å². The maximum Gasteiger partial charge on any atom is 0.387 e. The van der Waals surface area contributed by atoms with Crippen LogP contribution in [0.1, 0.15) is 21.5 Å². The topological polar surface area (TPSA) is 76.7 Å². The van der Waals surface area contributed by atoms with Crippen molar-refractivity contribution >= 4 is 34.8 Å². The first kappa shape index (κ1) is 26.1. The van der Waals surface area contributed by atoms with Gasteiger partial charge in [-0.05, 0) is 77.9 Å². The molecule has 2 amide bonds. The minimum Gasteiger partial charge on any atom is -0.497 e. The number of alkyl halides is 2. The summed E-state index contributed by atoms with van der Waals surface area (Å²) in [6.07, 6.45) is 1.66. The first-order chi connectivity index (χ1) is 18.4. The third-order valence-electron chi connectivity index (χ3n) is 5.50. The van der Waals surface area contributed by atoms with Gasteiger partial charge in [-0.25, -0.2) is 0 Å². The van der Waals surface area contributed by atoms with Crippen molar-refractivity contribution in [3.05, 3.63) is 120 Å². The van der Waals surface area contributed by atoms with E-state index in [1.165, 1.54) is 12.1 Å². The Morgan fingerprint density at radius 1 is 0.711 bits per heavy atom. The van der Waals surface area contributed by atoms with E-state index in [0.29, 0.717) is 39.4 Å². The standard InChI is InChI=1S/C30H24F2N2O4/c1-37-25-17-13-24(14-18-25)33-28(35)22-9-11-23(12-10-22)34-29(36)27(21-5-3-2-4-6-21)19-20-7-15-26(16-8-20)38-30(31)32/h2-19,30H,1H3,(H,33,35)(H,34,36)/b27-19+. The molecule has 0 aromatic heterocycles. The van der Waals surface area contributed by atoms with Crippen LogP contribution in [0.5, 0.6) is 11.5 Å². The van der Waals surface area contributed by atoms with Gasteiger partial charge in [-0.3, -0.25) is 9.59 Å². The zero-order valence-electron chi connectivity index (χ0n) is 20.4. The molecular weight excluding hydrogens is 490 g/mol. The molecule has 0 saturated carbocycles. The maximum absolute atomic E-state index is 13.2.